The summed E-state index contributed by atoms with van der Waals surface area (Å²) in [6.45, 7) is 3.64. The van der Waals surface area contributed by atoms with Crippen LogP contribution >= 0.6 is 11.6 Å². The summed E-state index contributed by atoms with van der Waals surface area (Å²) in [4.78, 5) is 11.5. The summed E-state index contributed by atoms with van der Waals surface area (Å²) in [6.07, 6.45) is 1.02. The van der Waals surface area contributed by atoms with Crippen LogP contribution in [0, 0.1) is 5.92 Å². The molecule has 1 heterocycles. The molecule has 1 aliphatic rings. The molecule has 0 amide bonds. The van der Waals surface area contributed by atoms with Crippen molar-refractivity contribution in [1.82, 2.24) is 0 Å². The van der Waals surface area contributed by atoms with Crippen molar-refractivity contribution >= 4 is 17.4 Å². The minimum Gasteiger partial charge on any atom is -0.492 e. The Morgan fingerprint density at radius 3 is 3.06 bits per heavy atom. The summed E-state index contributed by atoms with van der Waals surface area (Å²) in [7, 11) is 0. The molecule has 92 valence electrons. The van der Waals surface area contributed by atoms with Crippen LogP contribution in [0.4, 0.5) is 0 Å². The normalized spacial score (nSPS) is 19.3. The second-order valence-electron chi connectivity index (χ2n) is 4.24. The van der Waals surface area contributed by atoms with Gasteiger partial charge in [-0.05, 0) is 31.5 Å². The van der Waals surface area contributed by atoms with E-state index in [1.165, 1.54) is 6.92 Å². The Balaban J connectivity index is 2.06. The Kier molecular flexibility index (Phi) is 4.02. The molecule has 1 atom stereocenters. The molecule has 0 saturated carbocycles. The number of benzene rings is 1. The number of hydrogen-bond donors (Lipinski definition) is 0. The summed E-state index contributed by atoms with van der Waals surface area (Å²) < 4.78 is 11.0. The molecule has 4 heteroatoms. The van der Waals surface area contributed by atoms with Crippen LogP contribution in [-0.4, -0.2) is 25.6 Å². The first-order chi connectivity index (χ1) is 8.16. The lowest BCUT2D eigenvalue weighted by molar-refractivity contribution is 0.101. The Bertz CT molecular complexity index is 411. The number of carbonyl (C=O) groups excluding carboxylic acids is 1. The van der Waals surface area contributed by atoms with E-state index in [1.807, 2.05) is 0 Å². The maximum absolute atomic E-state index is 11.5. The zero-order valence-electron chi connectivity index (χ0n) is 9.74. The predicted molar refractivity (Wildman–Crippen MR) is 65.9 cm³/mol. The van der Waals surface area contributed by atoms with Gasteiger partial charge in [0.05, 0.1) is 18.8 Å². The Labute approximate surface area is 106 Å². The van der Waals surface area contributed by atoms with Gasteiger partial charge in [-0.25, -0.2) is 0 Å². The van der Waals surface area contributed by atoms with Crippen molar-refractivity contribution in [2.24, 2.45) is 5.92 Å². The predicted octanol–water partition coefficient (Wildman–Crippen LogP) is 2.96. The molecule has 17 heavy (non-hydrogen) atoms. The lowest BCUT2D eigenvalue weighted by Gasteiger charge is -2.13. The van der Waals surface area contributed by atoms with Gasteiger partial charge in [0.1, 0.15) is 5.75 Å². The van der Waals surface area contributed by atoms with E-state index in [0.717, 1.165) is 19.6 Å². The first kappa shape index (κ1) is 12.4. The minimum absolute atomic E-state index is 0.0369. The van der Waals surface area contributed by atoms with Crippen molar-refractivity contribution in [2.45, 2.75) is 13.3 Å². The van der Waals surface area contributed by atoms with Gasteiger partial charge < -0.3 is 9.47 Å². The average Bonchev–Trinajstić information content (AvgIpc) is 2.80. The summed E-state index contributed by atoms with van der Waals surface area (Å²) in [5.74, 6) is 0.990. The molecular formula is C13H15ClO3. The van der Waals surface area contributed by atoms with E-state index in [2.05, 4.69) is 0 Å². The third-order valence-corrected chi connectivity index (χ3v) is 3.05. The third kappa shape index (κ3) is 3.20. The van der Waals surface area contributed by atoms with E-state index >= 15 is 0 Å². The van der Waals surface area contributed by atoms with Crippen molar-refractivity contribution < 1.29 is 14.3 Å². The van der Waals surface area contributed by atoms with Gasteiger partial charge in [-0.1, -0.05) is 11.6 Å². The highest BCUT2D eigenvalue weighted by Gasteiger charge is 2.17. The molecule has 0 aliphatic carbocycles. The van der Waals surface area contributed by atoms with Gasteiger partial charge in [-0.2, -0.15) is 0 Å². The Morgan fingerprint density at radius 1 is 1.59 bits per heavy atom. The van der Waals surface area contributed by atoms with Crippen LogP contribution in [-0.2, 0) is 4.74 Å². The van der Waals surface area contributed by atoms with Crippen LogP contribution in [0.2, 0.25) is 5.02 Å². The molecule has 2 rings (SSSR count). The molecule has 0 bridgehead atoms. The van der Waals surface area contributed by atoms with Gasteiger partial charge in [0.15, 0.2) is 5.78 Å². The molecule has 1 unspecified atom stereocenters. The van der Waals surface area contributed by atoms with E-state index in [0.29, 0.717) is 28.9 Å². The van der Waals surface area contributed by atoms with Crippen LogP contribution in [0.1, 0.15) is 23.7 Å². The Morgan fingerprint density at radius 2 is 2.41 bits per heavy atom. The van der Waals surface area contributed by atoms with Gasteiger partial charge in [-0.3, -0.25) is 4.79 Å². The van der Waals surface area contributed by atoms with Gasteiger partial charge >= 0.3 is 0 Å². The fourth-order valence-corrected chi connectivity index (χ4v) is 2.00. The average molecular weight is 255 g/mol. The van der Waals surface area contributed by atoms with Crippen LogP contribution < -0.4 is 4.74 Å². The zero-order valence-corrected chi connectivity index (χ0v) is 10.5. The molecular weight excluding hydrogens is 240 g/mol. The number of Topliss-reactive ketones (excluding diaryl/α,β-unsaturated/α-hetero) is 1. The molecule has 1 saturated heterocycles. The van der Waals surface area contributed by atoms with Crippen molar-refractivity contribution in [3.05, 3.63) is 28.8 Å². The van der Waals surface area contributed by atoms with Gasteiger partial charge in [0.2, 0.25) is 0 Å². The molecule has 0 N–H and O–H groups in total. The molecule has 1 aromatic rings. The van der Waals surface area contributed by atoms with Crippen molar-refractivity contribution in [2.75, 3.05) is 19.8 Å². The fraction of sp³-hybridized carbons (Fsp3) is 0.462. The van der Waals surface area contributed by atoms with Crippen molar-refractivity contribution in [3.63, 3.8) is 0 Å². The minimum atomic E-state index is -0.0369. The van der Waals surface area contributed by atoms with Crippen LogP contribution in [0.5, 0.6) is 5.75 Å². The van der Waals surface area contributed by atoms with Gasteiger partial charge in [0.25, 0.3) is 0 Å². The molecule has 0 spiro atoms. The maximum atomic E-state index is 11.5. The highest BCUT2D eigenvalue weighted by atomic mass is 35.5. The van der Waals surface area contributed by atoms with E-state index < -0.39 is 0 Å². The highest BCUT2D eigenvalue weighted by molar-refractivity contribution is 6.31. The second kappa shape index (κ2) is 5.52. The van der Waals surface area contributed by atoms with Crippen molar-refractivity contribution in [3.8, 4) is 5.75 Å². The molecule has 3 nitrogen and oxygen atoms in total. The Hall–Kier alpha value is -1.06. The van der Waals surface area contributed by atoms with E-state index in [1.54, 1.807) is 18.2 Å². The lowest BCUT2D eigenvalue weighted by atomic mass is 10.1. The lowest BCUT2D eigenvalue weighted by Crippen LogP contribution is -2.13. The van der Waals surface area contributed by atoms with Crippen molar-refractivity contribution in [1.29, 1.82) is 0 Å². The summed E-state index contributed by atoms with van der Waals surface area (Å²) in [6, 6.07) is 5.12. The van der Waals surface area contributed by atoms with Crippen LogP contribution in [0.25, 0.3) is 0 Å². The molecule has 1 fully saturated rings. The largest absolute Gasteiger partial charge is 0.492 e. The molecule has 0 aromatic heterocycles. The number of rotatable bonds is 4. The smallest absolute Gasteiger partial charge is 0.163 e. The fourth-order valence-electron chi connectivity index (χ4n) is 1.83. The monoisotopic (exact) mass is 254 g/mol. The van der Waals surface area contributed by atoms with E-state index in [9.17, 15) is 4.79 Å². The van der Waals surface area contributed by atoms with Gasteiger partial charge in [-0.15, -0.1) is 0 Å². The topological polar surface area (TPSA) is 35.5 Å². The number of ether oxygens (including phenoxy) is 2. The number of hydrogen-bond acceptors (Lipinski definition) is 3. The highest BCUT2D eigenvalue weighted by Crippen LogP contribution is 2.24. The second-order valence-corrected chi connectivity index (χ2v) is 4.67. The quantitative estimate of drug-likeness (QED) is 0.775. The molecule has 1 aliphatic heterocycles. The summed E-state index contributed by atoms with van der Waals surface area (Å²) in [5, 5.41) is 0.548. The summed E-state index contributed by atoms with van der Waals surface area (Å²) in [5.41, 5.74) is 0.538. The zero-order chi connectivity index (χ0) is 12.3. The summed E-state index contributed by atoms with van der Waals surface area (Å²) >= 11 is 5.86. The van der Waals surface area contributed by atoms with E-state index in [-0.39, 0.29) is 5.78 Å². The standard InChI is InChI=1S/C13H15ClO3/c1-9(15)12-6-11(14)2-3-13(12)17-8-10-4-5-16-7-10/h2-3,6,10H,4-5,7-8H2,1H3. The number of ketones is 1. The number of carbonyl (C=O) groups is 1. The van der Waals surface area contributed by atoms with Crippen LogP contribution in [0.3, 0.4) is 0 Å². The maximum Gasteiger partial charge on any atom is 0.163 e. The first-order valence-corrected chi connectivity index (χ1v) is 6.05. The third-order valence-electron chi connectivity index (χ3n) is 2.82. The first-order valence-electron chi connectivity index (χ1n) is 5.68. The number of halogens is 1. The molecule has 1 aromatic carbocycles. The molecule has 0 radical (unpaired) electrons. The SMILES string of the molecule is CC(=O)c1cc(Cl)ccc1OCC1CCOC1. The van der Waals surface area contributed by atoms with E-state index in [4.69, 9.17) is 21.1 Å². The van der Waals surface area contributed by atoms with Crippen LogP contribution in [0.15, 0.2) is 18.2 Å². The van der Waals surface area contributed by atoms with Gasteiger partial charge in [0, 0.05) is 17.5 Å².